The van der Waals surface area contributed by atoms with Gasteiger partial charge in [-0.15, -0.1) is 0 Å². The number of nitrogens with zero attached hydrogens (tertiary/aromatic N) is 3. The smallest absolute Gasteiger partial charge is 0.255 e. The Morgan fingerprint density at radius 3 is 2.36 bits per heavy atom. The molecule has 0 atom stereocenters. The quantitative estimate of drug-likeness (QED) is 0.675. The van der Waals surface area contributed by atoms with Crippen LogP contribution in [0.15, 0.2) is 60.9 Å². The van der Waals surface area contributed by atoms with Crippen LogP contribution in [0.1, 0.15) is 29.6 Å². The van der Waals surface area contributed by atoms with Crippen LogP contribution in [-0.4, -0.2) is 29.0 Å². The number of hydrogen-bond donors (Lipinski definition) is 1. The Hall–Kier alpha value is -2.92. The molecule has 3 aromatic rings. The van der Waals surface area contributed by atoms with E-state index in [0.717, 1.165) is 30.2 Å². The second-order valence-electron chi connectivity index (χ2n) is 6.86. The highest BCUT2D eigenvalue weighted by Gasteiger charge is 2.14. The molecular weight excluding hydrogens is 372 g/mol. The third kappa shape index (κ3) is 4.31. The normalized spacial score (nSPS) is 14.0. The molecule has 1 N–H and O–H groups in total. The van der Waals surface area contributed by atoms with Crippen LogP contribution in [0.5, 0.6) is 0 Å². The minimum Gasteiger partial charge on any atom is -0.341 e. The van der Waals surface area contributed by atoms with E-state index < -0.39 is 0 Å². The van der Waals surface area contributed by atoms with Crippen LogP contribution < -0.4 is 10.2 Å². The molecule has 0 saturated carbocycles. The fourth-order valence-corrected chi connectivity index (χ4v) is 3.43. The van der Waals surface area contributed by atoms with Gasteiger partial charge >= 0.3 is 0 Å². The third-order valence-corrected chi connectivity index (χ3v) is 5.09. The number of carbonyl (C=O) groups is 1. The number of benzene rings is 2. The molecule has 28 heavy (non-hydrogen) atoms. The molecule has 0 bridgehead atoms. The topological polar surface area (TPSA) is 58.1 Å². The van der Waals surface area contributed by atoms with Gasteiger partial charge in [-0.3, -0.25) is 4.79 Å². The van der Waals surface area contributed by atoms with E-state index in [0.29, 0.717) is 16.3 Å². The molecule has 0 radical (unpaired) electrons. The van der Waals surface area contributed by atoms with Gasteiger partial charge in [0.1, 0.15) is 0 Å². The molecule has 0 aliphatic carbocycles. The lowest BCUT2D eigenvalue weighted by molar-refractivity contribution is 0.102. The summed E-state index contributed by atoms with van der Waals surface area (Å²) in [4.78, 5) is 23.8. The zero-order valence-electron chi connectivity index (χ0n) is 15.4. The summed E-state index contributed by atoms with van der Waals surface area (Å²) in [6.07, 6.45) is 7.31. The van der Waals surface area contributed by atoms with E-state index in [9.17, 15) is 4.79 Å². The Kier molecular flexibility index (Phi) is 5.53. The number of hydrogen-bond acceptors (Lipinski definition) is 4. The molecule has 4 rings (SSSR count). The number of carbonyl (C=O) groups excluding carboxylic acids is 1. The first kappa shape index (κ1) is 18.4. The summed E-state index contributed by atoms with van der Waals surface area (Å²) in [5.41, 5.74) is 3.08. The first-order valence-electron chi connectivity index (χ1n) is 9.43. The monoisotopic (exact) mass is 392 g/mol. The highest BCUT2D eigenvalue weighted by molar-refractivity contribution is 6.30. The average Bonchev–Trinajstić information content (AvgIpc) is 2.76. The minimum atomic E-state index is -0.171. The number of piperidine rings is 1. The van der Waals surface area contributed by atoms with Crippen molar-refractivity contribution in [2.45, 2.75) is 19.3 Å². The van der Waals surface area contributed by atoms with Crippen LogP contribution in [-0.2, 0) is 0 Å². The van der Waals surface area contributed by atoms with Crippen molar-refractivity contribution in [3.63, 3.8) is 0 Å². The molecule has 0 unspecified atom stereocenters. The Morgan fingerprint density at radius 1 is 0.929 bits per heavy atom. The van der Waals surface area contributed by atoms with Gasteiger partial charge in [0.15, 0.2) is 0 Å². The SMILES string of the molecule is O=C(Nc1ccc(Cl)cc1)c1cccc(-c2cnc(N3CCCCC3)nc2)c1. The molecule has 1 aliphatic heterocycles. The van der Waals surface area contributed by atoms with Crippen molar-refractivity contribution >= 4 is 29.1 Å². The molecule has 1 aromatic heterocycles. The lowest BCUT2D eigenvalue weighted by atomic mass is 10.1. The molecule has 1 saturated heterocycles. The van der Waals surface area contributed by atoms with Gasteiger partial charge < -0.3 is 10.2 Å². The summed E-state index contributed by atoms with van der Waals surface area (Å²) < 4.78 is 0. The number of rotatable bonds is 4. The Balaban J connectivity index is 1.49. The standard InChI is InChI=1S/C22H21ClN4O/c23-19-7-9-20(10-8-19)26-21(28)17-6-4-5-16(13-17)18-14-24-22(25-15-18)27-11-2-1-3-12-27/h4-10,13-15H,1-3,11-12H2,(H,26,28). The molecule has 1 aliphatic rings. The Labute approximate surface area is 169 Å². The largest absolute Gasteiger partial charge is 0.341 e. The summed E-state index contributed by atoms with van der Waals surface area (Å²) >= 11 is 5.89. The van der Waals surface area contributed by atoms with E-state index >= 15 is 0 Å². The third-order valence-electron chi connectivity index (χ3n) is 4.84. The molecule has 2 aromatic carbocycles. The highest BCUT2D eigenvalue weighted by atomic mass is 35.5. The first-order chi connectivity index (χ1) is 13.7. The summed E-state index contributed by atoms with van der Waals surface area (Å²) in [7, 11) is 0. The second-order valence-corrected chi connectivity index (χ2v) is 7.30. The average molecular weight is 393 g/mol. The van der Waals surface area contributed by atoms with Gasteiger partial charge in [0.2, 0.25) is 5.95 Å². The van der Waals surface area contributed by atoms with Gasteiger partial charge in [-0.1, -0.05) is 23.7 Å². The van der Waals surface area contributed by atoms with Crippen LogP contribution in [0, 0.1) is 0 Å². The van der Waals surface area contributed by atoms with Crippen LogP contribution in [0.3, 0.4) is 0 Å². The lowest BCUT2D eigenvalue weighted by Gasteiger charge is -2.26. The van der Waals surface area contributed by atoms with Crippen LogP contribution in [0.25, 0.3) is 11.1 Å². The maximum atomic E-state index is 12.6. The van der Waals surface area contributed by atoms with Gasteiger partial charge in [-0.25, -0.2) is 9.97 Å². The van der Waals surface area contributed by atoms with E-state index in [2.05, 4.69) is 20.2 Å². The molecule has 1 amide bonds. The van der Waals surface area contributed by atoms with Crippen molar-refractivity contribution in [2.75, 3.05) is 23.3 Å². The molecule has 0 spiro atoms. The molecule has 1 fully saturated rings. The lowest BCUT2D eigenvalue weighted by Crippen LogP contribution is -2.30. The zero-order valence-corrected chi connectivity index (χ0v) is 16.2. The second kappa shape index (κ2) is 8.40. The number of aromatic nitrogens is 2. The molecule has 2 heterocycles. The van der Waals surface area contributed by atoms with E-state index in [4.69, 9.17) is 11.6 Å². The Bertz CT molecular complexity index is 951. The van der Waals surface area contributed by atoms with Crippen molar-refractivity contribution in [1.29, 1.82) is 0 Å². The molecule has 142 valence electrons. The van der Waals surface area contributed by atoms with E-state index in [1.807, 2.05) is 30.6 Å². The maximum Gasteiger partial charge on any atom is 0.255 e. The summed E-state index contributed by atoms with van der Waals surface area (Å²) in [6, 6.07) is 14.5. The van der Waals surface area contributed by atoms with Crippen molar-refractivity contribution in [3.8, 4) is 11.1 Å². The van der Waals surface area contributed by atoms with Crippen LogP contribution >= 0.6 is 11.6 Å². The highest BCUT2D eigenvalue weighted by Crippen LogP contribution is 2.22. The van der Waals surface area contributed by atoms with Crippen molar-refractivity contribution in [2.24, 2.45) is 0 Å². The van der Waals surface area contributed by atoms with E-state index in [1.165, 1.54) is 19.3 Å². The minimum absolute atomic E-state index is 0.171. The number of amides is 1. The first-order valence-corrected chi connectivity index (χ1v) is 9.81. The van der Waals surface area contributed by atoms with E-state index in [1.54, 1.807) is 30.3 Å². The number of anilines is 2. The predicted molar refractivity (Wildman–Crippen MR) is 113 cm³/mol. The van der Waals surface area contributed by atoms with Gasteiger partial charge in [0, 0.05) is 47.3 Å². The maximum absolute atomic E-state index is 12.6. The summed E-state index contributed by atoms with van der Waals surface area (Å²) in [5, 5.41) is 3.51. The van der Waals surface area contributed by atoms with Crippen molar-refractivity contribution in [1.82, 2.24) is 9.97 Å². The summed E-state index contributed by atoms with van der Waals surface area (Å²) in [5.74, 6) is 0.607. The zero-order chi connectivity index (χ0) is 19.3. The van der Waals surface area contributed by atoms with Gasteiger partial charge in [0.05, 0.1) is 0 Å². The van der Waals surface area contributed by atoms with E-state index in [-0.39, 0.29) is 5.91 Å². The predicted octanol–water partition coefficient (Wildman–Crippen LogP) is 5.04. The molecule has 5 nitrogen and oxygen atoms in total. The number of halogens is 1. The fraction of sp³-hybridized carbons (Fsp3) is 0.227. The number of nitrogens with one attached hydrogen (secondary N) is 1. The van der Waals surface area contributed by atoms with Crippen molar-refractivity contribution in [3.05, 3.63) is 71.5 Å². The molecule has 6 heteroatoms. The van der Waals surface area contributed by atoms with Crippen LogP contribution in [0.2, 0.25) is 5.02 Å². The van der Waals surface area contributed by atoms with Crippen LogP contribution in [0.4, 0.5) is 11.6 Å². The van der Waals surface area contributed by atoms with Gasteiger partial charge in [-0.05, 0) is 61.2 Å². The van der Waals surface area contributed by atoms with Crippen molar-refractivity contribution < 1.29 is 4.79 Å². The van der Waals surface area contributed by atoms with Gasteiger partial charge in [0.25, 0.3) is 5.91 Å². The fourth-order valence-electron chi connectivity index (χ4n) is 3.30. The van der Waals surface area contributed by atoms with Gasteiger partial charge in [-0.2, -0.15) is 0 Å². The Morgan fingerprint density at radius 2 is 1.64 bits per heavy atom. The summed E-state index contributed by atoms with van der Waals surface area (Å²) in [6.45, 7) is 2.03. The molecular formula is C22H21ClN4O.